The van der Waals surface area contributed by atoms with E-state index in [4.69, 9.17) is 14.8 Å². The van der Waals surface area contributed by atoms with Crippen molar-refractivity contribution in [2.75, 3.05) is 13.2 Å². The Morgan fingerprint density at radius 2 is 1.63 bits per heavy atom. The van der Waals surface area contributed by atoms with Gasteiger partial charge in [0.05, 0.1) is 30.5 Å². The van der Waals surface area contributed by atoms with Crippen molar-refractivity contribution in [3.8, 4) is 22.4 Å². The number of morpholine rings is 1. The summed E-state index contributed by atoms with van der Waals surface area (Å²) in [6.07, 6.45) is 15.0. The van der Waals surface area contributed by atoms with E-state index in [1.807, 2.05) is 36.9 Å². The second-order valence-corrected chi connectivity index (χ2v) is 11.1. The zero-order valence-electron chi connectivity index (χ0n) is 21.3. The highest BCUT2D eigenvalue weighted by atomic mass is 16.5. The van der Waals surface area contributed by atoms with Crippen molar-refractivity contribution in [2.24, 2.45) is 0 Å². The average molecular weight is 506 g/mol. The maximum atomic E-state index is 5.85. The average Bonchev–Trinajstić information content (AvgIpc) is 3.67. The van der Waals surface area contributed by atoms with Crippen molar-refractivity contribution in [1.29, 1.82) is 0 Å². The molecule has 8 heteroatoms. The van der Waals surface area contributed by atoms with Gasteiger partial charge in [0.1, 0.15) is 5.69 Å². The zero-order valence-corrected chi connectivity index (χ0v) is 21.3. The van der Waals surface area contributed by atoms with E-state index in [-0.39, 0.29) is 0 Å². The van der Waals surface area contributed by atoms with Crippen molar-refractivity contribution >= 4 is 16.6 Å². The van der Waals surface area contributed by atoms with Crippen LogP contribution in [0.25, 0.3) is 38.9 Å². The lowest BCUT2D eigenvalue weighted by molar-refractivity contribution is -0.0443. The Morgan fingerprint density at radius 3 is 2.45 bits per heavy atom. The maximum Gasteiger partial charge on any atom is 0.163 e. The van der Waals surface area contributed by atoms with Gasteiger partial charge in [-0.3, -0.25) is 15.0 Å². The summed E-state index contributed by atoms with van der Waals surface area (Å²) in [6.45, 7) is 1.83. The fraction of sp³-hybridized carbons (Fsp3) is 0.400. The minimum atomic E-state index is 0.471. The van der Waals surface area contributed by atoms with Crippen LogP contribution < -0.4 is 0 Å². The van der Waals surface area contributed by atoms with E-state index >= 15 is 0 Å². The molecule has 1 aliphatic carbocycles. The van der Waals surface area contributed by atoms with Gasteiger partial charge in [0.2, 0.25) is 0 Å². The lowest BCUT2D eigenvalue weighted by Crippen LogP contribution is -2.52. The number of benzene rings is 1. The first-order valence-electron chi connectivity index (χ1n) is 13.9. The van der Waals surface area contributed by atoms with Gasteiger partial charge in [-0.25, -0.2) is 9.50 Å². The Kier molecular flexibility index (Phi) is 5.29. The summed E-state index contributed by atoms with van der Waals surface area (Å²) in [7, 11) is 0. The van der Waals surface area contributed by atoms with Crippen LogP contribution >= 0.6 is 0 Å². The number of pyridine rings is 1. The van der Waals surface area contributed by atoms with E-state index in [0.717, 1.165) is 52.1 Å². The van der Waals surface area contributed by atoms with E-state index in [0.29, 0.717) is 24.0 Å². The Labute approximate surface area is 221 Å². The fourth-order valence-electron chi connectivity index (χ4n) is 7.34. The number of H-pyrrole nitrogens is 1. The van der Waals surface area contributed by atoms with Crippen LogP contribution in [0.15, 0.2) is 61.2 Å². The molecule has 8 rings (SSSR count). The van der Waals surface area contributed by atoms with Gasteiger partial charge in [-0.1, -0.05) is 12.1 Å². The van der Waals surface area contributed by atoms with E-state index in [9.17, 15) is 0 Å². The number of ether oxygens (including phenoxy) is 1. The predicted molar refractivity (Wildman–Crippen MR) is 146 cm³/mol. The van der Waals surface area contributed by atoms with Gasteiger partial charge in [0, 0.05) is 59.3 Å². The van der Waals surface area contributed by atoms with Gasteiger partial charge < -0.3 is 4.74 Å². The lowest BCUT2D eigenvalue weighted by atomic mass is 9.82. The Hall–Kier alpha value is -3.62. The number of nitrogens with one attached hydrogen (secondary N) is 1. The molecule has 0 radical (unpaired) electrons. The second-order valence-electron chi connectivity index (χ2n) is 11.1. The molecule has 2 atom stereocenters. The van der Waals surface area contributed by atoms with Crippen molar-refractivity contribution < 1.29 is 4.74 Å². The van der Waals surface area contributed by atoms with Gasteiger partial charge in [-0.2, -0.15) is 10.2 Å². The molecule has 8 nitrogen and oxygen atoms in total. The molecule has 3 aliphatic rings. The highest BCUT2D eigenvalue weighted by Crippen LogP contribution is 2.42. The minimum absolute atomic E-state index is 0.471. The van der Waals surface area contributed by atoms with Gasteiger partial charge in [-0.05, 0) is 68.4 Å². The molecule has 4 aromatic heterocycles. The van der Waals surface area contributed by atoms with E-state index in [2.05, 4.69) is 48.9 Å². The minimum Gasteiger partial charge on any atom is -0.378 e. The van der Waals surface area contributed by atoms with Crippen molar-refractivity contribution in [3.05, 3.63) is 66.9 Å². The lowest BCUT2D eigenvalue weighted by Gasteiger charge is -2.43. The summed E-state index contributed by atoms with van der Waals surface area (Å²) < 4.78 is 7.97. The van der Waals surface area contributed by atoms with E-state index < -0.39 is 0 Å². The second kappa shape index (κ2) is 8.99. The molecule has 2 aliphatic heterocycles. The van der Waals surface area contributed by atoms with Crippen LogP contribution in [0.3, 0.4) is 0 Å². The monoisotopic (exact) mass is 505 g/mol. The molecule has 2 saturated heterocycles. The summed E-state index contributed by atoms with van der Waals surface area (Å²) in [5.41, 5.74) is 7.28. The van der Waals surface area contributed by atoms with Crippen molar-refractivity contribution in [3.63, 3.8) is 0 Å². The summed E-state index contributed by atoms with van der Waals surface area (Å²) in [5, 5.41) is 13.7. The number of aromatic nitrogens is 6. The van der Waals surface area contributed by atoms with Gasteiger partial charge >= 0.3 is 0 Å². The van der Waals surface area contributed by atoms with E-state index in [1.165, 1.54) is 44.2 Å². The smallest absolute Gasteiger partial charge is 0.163 e. The highest BCUT2D eigenvalue weighted by Gasteiger charge is 2.42. The van der Waals surface area contributed by atoms with Crippen molar-refractivity contribution in [2.45, 2.75) is 62.6 Å². The largest absolute Gasteiger partial charge is 0.378 e. The van der Waals surface area contributed by atoms with Crippen LogP contribution in [0.5, 0.6) is 0 Å². The quantitative estimate of drug-likeness (QED) is 0.360. The molecule has 192 valence electrons. The highest BCUT2D eigenvalue weighted by molar-refractivity contribution is 6.02. The third-order valence-corrected chi connectivity index (χ3v) is 9.09. The van der Waals surface area contributed by atoms with Crippen LogP contribution in [0.2, 0.25) is 0 Å². The molecule has 3 fully saturated rings. The molecule has 5 aromatic rings. The molecule has 0 amide bonds. The summed E-state index contributed by atoms with van der Waals surface area (Å²) in [6, 6.07) is 14.5. The number of nitrogens with zero attached hydrogens (tertiary/aromatic N) is 6. The third-order valence-electron chi connectivity index (χ3n) is 9.09. The first kappa shape index (κ1) is 22.4. The molecule has 2 unspecified atom stereocenters. The Bertz CT molecular complexity index is 1590. The van der Waals surface area contributed by atoms with Crippen molar-refractivity contribution in [1.82, 2.24) is 34.7 Å². The Balaban J connectivity index is 1.20. The van der Waals surface area contributed by atoms with Crippen LogP contribution in [-0.2, 0) is 4.74 Å². The first-order chi connectivity index (χ1) is 18.8. The SMILES string of the molecule is c1cc(-c2c(-c3ccncc3)nn3c2nccc3[C@H]2CC[C@@H](N3C4CCC3COC4)CC2)c2cn[nH]c2c1. The zero-order chi connectivity index (χ0) is 25.1. The number of fused-ring (bicyclic) bond motifs is 4. The summed E-state index contributed by atoms with van der Waals surface area (Å²) in [5.74, 6) is 0.471. The van der Waals surface area contributed by atoms with Crippen LogP contribution in [-0.4, -0.2) is 66.0 Å². The normalized spacial score (nSPS) is 25.9. The van der Waals surface area contributed by atoms with Crippen LogP contribution in [0.1, 0.15) is 50.1 Å². The molecule has 1 aromatic carbocycles. The molecule has 6 heterocycles. The van der Waals surface area contributed by atoms with Gasteiger partial charge in [-0.15, -0.1) is 0 Å². The van der Waals surface area contributed by atoms with Gasteiger partial charge in [0.15, 0.2) is 5.65 Å². The number of rotatable bonds is 4. The van der Waals surface area contributed by atoms with Crippen LogP contribution in [0, 0.1) is 0 Å². The van der Waals surface area contributed by atoms with Gasteiger partial charge in [0.25, 0.3) is 0 Å². The molecular formula is C30H31N7O. The van der Waals surface area contributed by atoms with Crippen LogP contribution in [0.4, 0.5) is 0 Å². The number of aromatic amines is 1. The predicted octanol–water partition coefficient (Wildman–Crippen LogP) is 5.22. The number of hydrogen-bond donors (Lipinski definition) is 1. The maximum absolute atomic E-state index is 5.85. The van der Waals surface area contributed by atoms with E-state index in [1.54, 1.807) is 0 Å². The Morgan fingerprint density at radius 1 is 0.842 bits per heavy atom. The molecule has 1 N–H and O–H groups in total. The summed E-state index contributed by atoms with van der Waals surface area (Å²) >= 11 is 0. The third kappa shape index (κ3) is 3.50. The molecule has 0 spiro atoms. The fourth-order valence-corrected chi connectivity index (χ4v) is 7.34. The molecular weight excluding hydrogens is 474 g/mol. The molecule has 38 heavy (non-hydrogen) atoms. The standard InChI is InChI=1S/C30H31N7O/c1-2-24(25-16-33-34-26(25)3-1)28-29(20-10-13-31-14-11-20)35-37-27(12-15-32-30(28)37)19-4-6-21(7-5-19)36-22-8-9-23(36)18-38-17-22/h1-3,10-16,19,21-23H,4-9,17-18H2,(H,33,34)/t19-,21+,22?,23?. The number of hydrogen-bond acceptors (Lipinski definition) is 6. The summed E-state index contributed by atoms with van der Waals surface area (Å²) in [4.78, 5) is 12.0. The topological polar surface area (TPSA) is 84.2 Å². The first-order valence-corrected chi connectivity index (χ1v) is 13.9. The molecule has 1 saturated carbocycles. The molecule has 2 bridgehead atoms.